The van der Waals surface area contributed by atoms with E-state index in [0.29, 0.717) is 5.02 Å². The van der Waals surface area contributed by atoms with Crippen LogP contribution in [0, 0.1) is 0 Å². The van der Waals surface area contributed by atoms with Crippen molar-refractivity contribution in [1.82, 2.24) is 15.1 Å². The van der Waals surface area contributed by atoms with E-state index in [1.807, 2.05) is 0 Å². The van der Waals surface area contributed by atoms with Gasteiger partial charge in [0.25, 0.3) is 17.0 Å². The monoisotopic (exact) mass is 401 g/mol. The predicted octanol–water partition coefficient (Wildman–Crippen LogP) is 1.20. The molecule has 3 rings (SSSR count). The van der Waals surface area contributed by atoms with Gasteiger partial charge in [0.05, 0.1) is 10.8 Å². The summed E-state index contributed by atoms with van der Waals surface area (Å²) in [5.74, 6) is -1.35. The van der Waals surface area contributed by atoms with Crippen molar-refractivity contribution in [3.8, 4) is 0 Å². The van der Waals surface area contributed by atoms with Crippen LogP contribution in [0.2, 0.25) is 5.02 Å². The molecule has 0 radical (unpaired) electrons. The van der Waals surface area contributed by atoms with E-state index in [1.165, 1.54) is 12.1 Å². The Morgan fingerprint density at radius 1 is 1.04 bits per heavy atom. The fraction of sp³-hybridized carbons (Fsp3) is 0.158. The molecule has 1 heterocycles. The molecule has 0 bridgehead atoms. The maximum Gasteiger partial charge on any atom is 0.328 e. The molecule has 8 nitrogen and oxygen atoms in total. The Kier molecular flexibility index (Phi) is 5.90. The highest BCUT2D eigenvalue weighted by Gasteiger charge is 2.12. The first-order chi connectivity index (χ1) is 13.5. The zero-order valence-corrected chi connectivity index (χ0v) is 15.4. The predicted molar refractivity (Wildman–Crippen MR) is 103 cm³/mol. The highest BCUT2D eigenvalue weighted by Crippen LogP contribution is 2.14. The van der Waals surface area contributed by atoms with Crippen molar-refractivity contribution in [2.45, 2.75) is 13.1 Å². The van der Waals surface area contributed by atoms with Crippen LogP contribution in [0.3, 0.4) is 0 Å². The molecule has 1 aromatic heterocycles. The third-order valence-electron chi connectivity index (χ3n) is 3.97. The number of nitrogens with zero attached hydrogens (tertiary/aromatic N) is 1. The number of hydrogen-bond acceptors (Lipinski definition) is 5. The minimum Gasteiger partial charge on any atom is -0.454 e. The number of rotatable bonds is 6. The molecule has 3 aromatic rings. The summed E-state index contributed by atoms with van der Waals surface area (Å²) < 4.78 is 5.72. The Morgan fingerprint density at radius 2 is 1.71 bits per heavy atom. The molecule has 9 heteroatoms. The summed E-state index contributed by atoms with van der Waals surface area (Å²) >= 11 is 6.00. The number of carbonyl (C=O) groups is 2. The molecule has 0 aliphatic heterocycles. The van der Waals surface area contributed by atoms with Gasteiger partial charge in [0.2, 0.25) is 0 Å². The van der Waals surface area contributed by atoms with E-state index in [9.17, 15) is 19.2 Å². The molecule has 2 aromatic carbocycles. The van der Waals surface area contributed by atoms with Crippen LogP contribution < -0.4 is 16.4 Å². The summed E-state index contributed by atoms with van der Waals surface area (Å²) in [6.45, 7) is -0.847. The van der Waals surface area contributed by atoms with Gasteiger partial charge in [-0.3, -0.25) is 24.3 Å². The number of halogens is 1. The number of fused-ring (bicyclic) bond motifs is 1. The Bertz CT molecular complexity index is 1150. The molecule has 1 amide bonds. The quantitative estimate of drug-likeness (QED) is 0.603. The van der Waals surface area contributed by atoms with E-state index >= 15 is 0 Å². The number of carbonyl (C=O) groups excluding carboxylic acids is 2. The van der Waals surface area contributed by atoms with Crippen LogP contribution in [0.15, 0.2) is 58.1 Å². The molecule has 0 saturated heterocycles. The minimum absolute atomic E-state index is 0.188. The maximum absolute atomic E-state index is 12.3. The summed E-state index contributed by atoms with van der Waals surface area (Å²) in [5, 5.41) is 5.84. The maximum atomic E-state index is 12.3. The van der Waals surface area contributed by atoms with Gasteiger partial charge in [-0.15, -0.1) is 0 Å². The average molecular weight is 402 g/mol. The molecule has 0 aliphatic carbocycles. The van der Waals surface area contributed by atoms with Gasteiger partial charge in [-0.25, -0.2) is 4.68 Å². The largest absolute Gasteiger partial charge is 0.454 e. The number of aromatic amines is 1. The number of nitrogens with one attached hydrogen (secondary N) is 2. The number of H-pyrrole nitrogens is 1. The molecule has 0 aliphatic rings. The smallest absolute Gasteiger partial charge is 0.328 e. The van der Waals surface area contributed by atoms with Crippen LogP contribution in [-0.2, 0) is 27.4 Å². The highest BCUT2D eigenvalue weighted by molar-refractivity contribution is 6.31. The van der Waals surface area contributed by atoms with Crippen molar-refractivity contribution in [3.63, 3.8) is 0 Å². The van der Waals surface area contributed by atoms with Gasteiger partial charge in [-0.05, 0) is 23.8 Å². The Hall–Kier alpha value is -3.39. The van der Waals surface area contributed by atoms with Crippen LogP contribution >= 0.6 is 11.6 Å². The second-order valence-corrected chi connectivity index (χ2v) is 6.31. The molecule has 144 valence electrons. The molecule has 0 unspecified atom stereocenters. The van der Waals surface area contributed by atoms with E-state index in [1.54, 1.807) is 36.4 Å². The lowest BCUT2D eigenvalue weighted by Crippen LogP contribution is -2.34. The average Bonchev–Trinajstić information content (AvgIpc) is 2.69. The fourth-order valence-electron chi connectivity index (χ4n) is 2.57. The van der Waals surface area contributed by atoms with E-state index in [-0.39, 0.29) is 17.3 Å². The zero-order chi connectivity index (χ0) is 20.1. The van der Waals surface area contributed by atoms with Crippen molar-refractivity contribution in [2.75, 3.05) is 6.61 Å². The SMILES string of the molecule is O=C(COC(=O)Cn1[nH]c(=O)c2ccccc2c1=O)NCc1ccccc1Cl. The van der Waals surface area contributed by atoms with E-state index < -0.39 is 36.1 Å². The standard InChI is InChI=1S/C19H16ClN3O5/c20-15-8-4-1-5-12(15)9-21-16(24)11-28-17(25)10-23-19(27)14-7-3-2-6-13(14)18(26)22-23/h1-8H,9-11H2,(H,21,24)(H,22,26). The normalized spacial score (nSPS) is 10.6. The van der Waals surface area contributed by atoms with E-state index in [2.05, 4.69) is 10.4 Å². The lowest BCUT2D eigenvalue weighted by atomic mass is 10.2. The van der Waals surface area contributed by atoms with Crippen LogP contribution in [0.4, 0.5) is 0 Å². The Balaban J connectivity index is 1.57. The molecule has 2 N–H and O–H groups in total. The van der Waals surface area contributed by atoms with Crippen molar-refractivity contribution in [3.05, 3.63) is 79.8 Å². The number of esters is 1. The van der Waals surface area contributed by atoms with Crippen molar-refractivity contribution in [1.29, 1.82) is 0 Å². The van der Waals surface area contributed by atoms with Gasteiger partial charge in [-0.2, -0.15) is 0 Å². The molecule has 0 fully saturated rings. The topological polar surface area (TPSA) is 110 Å². The van der Waals surface area contributed by atoms with Crippen LogP contribution in [0.25, 0.3) is 10.8 Å². The van der Waals surface area contributed by atoms with Gasteiger partial charge < -0.3 is 10.1 Å². The van der Waals surface area contributed by atoms with Gasteiger partial charge in [0.1, 0.15) is 6.54 Å². The lowest BCUT2D eigenvalue weighted by Gasteiger charge is -2.09. The molecule has 0 spiro atoms. The van der Waals surface area contributed by atoms with Gasteiger partial charge >= 0.3 is 5.97 Å². The van der Waals surface area contributed by atoms with E-state index in [0.717, 1.165) is 10.2 Å². The zero-order valence-electron chi connectivity index (χ0n) is 14.6. The van der Waals surface area contributed by atoms with Crippen LogP contribution in [0.5, 0.6) is 0 Å². The minimum atomic E-state index is -0.832. The molecule has 28 heavy (non-hydrogen) atoms. The third-order valence-corrected chi connectivity index (χ3v) is 4.34. The fourth-order valence-corrected chi connectivity index (χ4v) is 2.77. The lowest BCUT2D eigenvalue weighted by molar-refractivity contribution is -0.149. The van der Waals surface area contributed by atoms with Crippen molar-refractivity contribution in [2.24, 2.45) is 0 Å². The van der Waals surface area contributed by atoms with Crippen molar-refractivity contribution >= 4 is 34.2 Å². The van der Waals surface area contributed by atoms with Crippen LogP contribution in [-0.4, -0.2) is 28.3 Å². The second kappa shape index (κ2) is 8.53. The number of amides is 1. The molecular formula is C19H16ClN3O5. The Morgan fingerprint density at radius 3 is 2.46 bits per heavy atom. The van der Waals surface area contributed by atoms with Gasteiger partial charge in [0.15, 0.2) is 6.61 Å². The first-order valence-electron chi connectivity index (χ1n) is 8.33. The van der Waals surface area contributed by atoms with Crippen molar-refractivity contribution < 1.29 is 14.3 Å². The second-order valence-electron chi connectivity index (χ2n) is 5.91. The molecular weight excluding hydrogens is 386 g/mol. The number of ether oxygens (including phenoxy) is 1. The summed E-state index contributed by atoms with van der Waals surface area (Å²) in [6.07, 6.45) is 0. The summed E-state index contributed by atoms with van der Waals surface area (Å²) in [4.78, 5) is 48.1. The highest BCUT2D eigenvalue weighted by atomic mass is 35.5. The third kappa shape index (κ3) is 4.47. The number of benzene rings is 2. The van der Waals surface area contributed by atoms with Gasteiger partial charge in [0, 0.05) is 11.6 Å². The van der Waals surface area contributed by atoms with E-state index in [4.69, 9.17) is 16.3 Å². The first kappa shape index (κ1) is 19.4. The molecule has 0 atom stereocenters. The number of aromatic nitrogens is 2. The summed E-state index contributed by atoms with van der Waals surface area (Å²) in [6, 6.07) is 13.3. The first-order valence-corrected chi connectivity index (χ1v) is 8.71. The van der Waals surface area contributed by atoms with Crippen LogP contribution in [0.1, 0.15) is 5.56 Å². The Labute approximate surface area is 163 Å². The number of hydrogen-bond donors (Lipinski definition) is 2. The van der Waals surface area contributed by atoms with Gasteiger partial charge in [-0.1, -0.05) is 41.9 Å². The summed E-state index contributed by atoms with van der Waals surface area (Å²) in [5.41, 5.74) is -0.306. The summed E-state index contributed by atoms with van der Waals surface area (Å²) in [7, 11) is 0. The molecule has 0 saturated carbocycles.